The number of pyridine rings is 2. The van der Waals surface area contributed by atoms with Crippen LogP contribution in [0.1, 0.15) is 34.0 Å². The summed E-state index contributed by atoms with van der Waals surface area (Å²) in [5.74, 6) is -0.526. The summed E-state index contributed by atoms with van der Waals surface area (Å²) < 4.78 is 33.5. The number of nitrogens with zero attached hydrogens (tertiary/aromatic N) is 2. The number of aromatic nitrogens is 2. The second kappa shape index (κ2) is 10.2. The molecule has 8 nitrogen and oxygen atoms in total. The summed E-state index contributed by atoms with van der Waals surface area (Å²) in [6.07, 6.45) is 3.19. The molecule has 0 aliphatic rings. The molecule has 0 atom stereocenters. The number of aryl methyl sites for hydroxylation is 1. The van der Waals surface area contributed by atoms with E-state index in [4.69, 9.17) is 4.74 Å². The molecule has 0 radical (unpaired) electrons. The molecular formula is C26H25N3O5S. The van der Waals surface area contributed by atoms with Crippen LogP contribution in [0.15, 0.2) is 82.7 Å². The van der Waals surface area contributed by atoms with Gasteiger partial charge in [-0.3, -0.25) is 9.78 Å². The SMILES string of the molecule is CCOC(=O)c1ccc(S(=O)(=O)N(Cc2cccnc2)Cc2cc3ccc(C)cc3[nH]c2=O)cc1. The Morgan fingerprint density at radius 2 is 1.83 bits per heavy atom. The summed E-state index contributed by atoms with van der Waals surface area (Å²) in [7, 11) is -4.03. The lowest BCUT2D eigenvalue weighted by Gasteiger charge is -2.22. The van der Waals surface area contributed by atoms with E-state index in [-0.39, 0.29) is 35.7 Å². The predicted molar refractivity (Wildman–Crippen MR) is 132 cm³/mol. The van der Waals surface area contributed by atoms with E-state index in [1.54, 1.807) is 37.5 Å². The number of carbonyl (C=O) groups excluding carboxylic acids is 1. The molecule has 0 bridgehead atoms. The van der Waals surface area contributed by atoms with Crippen LogP contribution >= 0.6 is 0 Å². The highest BCUT2D eigenvalue weighted by Gasteiger charge is 2.26. The summed E-state index contributed by atoms with van der Waals surface area (Å²) in [5.41, 5.74) is 2.59. The van der Waals surface area contributed by atoms with Crippen LogP contribution in [-0.2, 0) is 27.8 Å². The van der Waals surface area contributed by atoms with Crippen molar-refractivity contribution in [3.63, 3.8) is 0 Å². The van der Waals surface area contributed by atoms with Gasteiger partial charge in [0.15, 0.2) is 0 Å². The van der Waals surface area contributed by atoms with Crippen molar-refractivity contribution in [2.24, 2.45) is 0 Å². The Morgan fingerprint density at radius 3 is 2.51 bits per heavy atom. The molecular weight excluding hydrogens is 466 g/mol. The Hall–Kier alpha value is -3.82. The van der Waals surface area contributed by atoms with Gasteiger partial charge in [-0.25, -0.2) is 13.2 Å². The minimum absolute atomic E-state index is 0.00211. The van der Waals surface area contributed by atoms with Gasteiger partial charge in [-0.2, -0.15) is 4.31 Å². The molecule has 2 aromatic heterocycles. The summed E-state index contributed by atoms with van der Waals surface area (Å²) >= 11 is 0. The first-order chi connectivity index (χ1) is 16.8. The lowest BCUT2D eigenvalue weighted by Crippen LogP contribution is -2.32. The molecule has 0 saturated carbocycles. The van der Waals surface area contributed by atoms with Crippen LogP contribution in [0.2, 0.25) is 0 Å². The van der Waals surface area contributed by atoms with Gasteiger partial charge in [-0.1, -0.05) is 18.2 Å². The van der Waals surface area contributed by atoms with E-state index in [9.17, 15) is 18.0 Å². The first-order valence-electron chi connectivity index (χ1n) is 11.1. The molecule has 2 heterocycles. The fourth-order valence-corrected chi connectivity index (χ4v) is 5.12. The summed E-state index contributed by atoms with van der Waals surface area (Å²) in [6, 6.07) is 16.5. The van der Waals surface area contributed by atoms with Crippen molar-refractivity contribution in [2.75, 3.05) is 6.61 Å². The van der Waals surface area contributed by atoms with E-state index in [0.717, 1.165) is 10.9 Å². The maximum Gasteiger partial charge on any atom is 0.338 e. The molecule has 0 unspecified atom stereocenters. The lowest BCUT2D eigenvalue weighted by atomic mass is 10.1. The Kier molecular flexibility index (Phi) is 7.09. The number of hydrogen-bond acceptors (Lipinski definition) is 6. The fourth-order valence-electron chi connectivity index (χ4n) is 3.72. The zero-order chi connectivity index (χ0) is 25.0. The zero-order valence-electron chi connectivity index (χ0n) is 19.4. The Morgan fingerprint density at radius 1 is 1.06 bits per heavy atom. The summed E-state index contributed by atoms with van der Waals surface area (Å²) in [4.78, 5) is 31.7. The molecule has 0 amide bonds. The lowest BCUT2D eigenvalue weighted by molar-refractivity contribution is 0.0526. The minimum Gasteiger partial charge on any atom is -0.462 e. The van der Waals surface area contributed by atoms with Crippen molar-refractivity contribution >= 4 is 26.9 Å². The molecule has 35 heavy (non-hydrogen) atoms. The predicted octanol–water partition coefficient (Wildman–Crippen LogP) is 3.80. The van der Waals surface area contributed by atoms with Gasteiger partial charge < -0.3 is 9.72 Å². The molecule has 0 aliphatic heterocycles. The third kappa shape index (κ3) is 5.47. The maximum atomic E-state index is 13.6. The number of carbonyl (C=O) groups is 1. The number of hydrogen-bond donors (Lipinski definition) is 1. The zero-order valence-corrected chi connectivity index (χ0v) is 20.2. The molecule has 0 aliphatic carbocycles. The molecule has 0 fully saturated rings. The minimum atomic E-state index is -4.03. The van der Waals surface area contributed by atoms with Crippen LogP contribution in [0, 0.1) is 6.92 Å². The first-order valence-corrected chi connectivity index (χ1v) is 12.5. The molecule has 9 heteroatoms. The van der Waals surface area contributed by atoms with Crippen molar-refractivity contribution in [1.29, 1.82) is 0 Å². The number of sulfonamides is 1. The van der Waals surface area contributed by atoms with Gasteiger partial charge in [0.05, 0.1) is 17.1 Å². The Balaban J connectivity index is 1.72. The van der Waals surface area contributed by atoms with E-state index >= 15 is 0 Å². The quantitative estimate of drug-likeness (QED) is 0.376. The van der Waals surface area contributed by atoms with Gasteiger partial charge in [0.25, 0.3) is 5.56 Å². The number of fused-ring (bicyclic) bond motifs is 1. The number of ether oxygens (including phenoxy) is 1. The Labute approximate surface area is 203 Å². The number of nitrogens with one attached hydrogen (secondary N) is 1. The van der Waals surface area contributed by atoms with Crippen molar-refractivity contribution < 1.29 is 17.9 Å². The number of rotatable bonds is 8. The molecule has 4 rings (SSSR count). The van der Waals surface area contributed by atoms with Crippen LogP contribution in [0.4, 0.5) is 0 Å². The third-order valence-corrected chi connectivity index (χ3v) is 7.32. The van der Waals surface area contributed by atoms with E-state index < -0.39 is 16.0 Å². The van der Waals surface area contributed by atoms with Gasteiger partial charge in [0, 0.05) is 36.6 Å². The fraction of sp³-hybridized carbons (Fsp3) is 0.192. The summed E-state index contributed by atoms with van der Waals surface area (Å²) in [5, 5.41) is 0.808. The number of benzene rings is 2. The van der Waals surface area contributed by atoms with Gasteiger partial charge in [0.2, 0.25) is 10.0 Å². The largest absolute Gasteiger partial charge is 0.462 e. The normalized spacial score (nSPS) is 11.6. The van der Waals surface area contributed by atoms with E-state index in [1.807, 2.05) is 25.1 Å². The average Bonchev–Trinajstić information content (AvgIpc) is 2.85. The standard InChI is InChI=1S/C26H25N3O5S/c1-3-34-26(31)20-8-10-23(11-9-20)35(32,33)29(16-19-5-4-12-27-15-19)17-22-14-21-7-6-18(2)13-24(21)28-25(22)30/h4-15H,3,16-17H2,1-2H3,(H,28,30). The van der Waals surface area contributed by atoms with Crippen molar-refractivity contribution in [2.45, 2.75) is 31.8 Å². The molecule has 1 N–H and O–H groups in total. The van der Waals surface area contributed by atoms with Crippen LogP contribution in [0.25, 0.3) is 10.9 Å². The van der Waals surface area contributed by atoms with Gasteiger partial charge in [0.1, 0.15) is 0 Å². The molecule has 0 spiro atoms. The van der Waals surface area contributed by atoms with E-state index in [0.29, 0.717) is 16.6 Å². The number of aromatic amines is 1. The Bertz CT molecular complexity index is 1510. The second-order valence-corrected chi connectivity index (χ2v) is 10.0. The van der Waals surface area contributed by atoms with Crippen LogP contribution in [0.3, 0.4) is 0 Å². The third-order valence-electron chi connectivity index (χ3n) is 5.51. The van der Waals surface area contributed by atoms with E-state index in [2.05, 4.69) is 9.97 Å². The highest BCUT2D eigenvalue weighted by molar-refractivity contribution is 7.89. The van der Waals surface area contributed by atoms with Gasteiger partial charge >= 0.3 is 5.97 Å². The molecule has 180 valence electrons. The van der Waals surface area contributed by atoms with Gasteiger partial charge in [-0.05, 0) is 72.8 Å². The topological polar surface area (TPSA) is 109 Å². The van der Waals surface area contributed by atoms with Crippen LogP contribution < -0.4 is 5.56 Å². The first kappa shape index (κ1) is 24.3. The monoisotopic (exact) mass is 491 g/mol. The number of H-pyrrole nitrogens is 1. The second-order valence-electron chi connectivity index (χ2n) is 8.09. The molecule has 0 saturated heterocycles. The van der Waals surface area contributed by atoms with E-state index in [1.165, 1.54) is 28.6 Å². The molecule has 4 aromatic rings. The number of esters is 1. The highest BCUT2D eigenvalue weighted by atomic mass is 32.2. The van der Waals surface area contributed by atoms with Crippen molar-refractivity contribution in [3.05, 3.63) is 106 Å². The maximum absolute atomic E-state index is 13.6. The molecule has 2 aromatic carbocycles. The summed E-state index contributed by atoms with van der Waals surface area (Å²) in [6.45, 7) is 3.72. The van der Waals surface area contributed by atoms with Crippen molar-refractivity contribution in [1.82, 2.24) is 14.3 Å². The smallest absolute Gasteiger partial charge is 0.338 e. The average molecular weight is 492 g/mol. The van der Waals surface area contributed by atoms with Crippen molar-refractivity contribution in [3.8, 4) is 0 Å². The van der Waals surface area contributed by atoms with Gasteiger partial charge in [-0.15, -0.1) is 0 Å². The highest BCUT2D eigenvalue weighted by Crippen LogP contribution is 2.22. The van der Waals surface area contributed by atoms with Crippen LogP contribution in [0.5, 0.6) is 0 Å². The van der Waals surface area contributed by atoms with Crippen LogP contribution in [-0.4, -0.2) is 35.3 Å².